The Kier molecular flexibility index (Phi) is 9.63. The van der Waals surface area contributed by atoms with Crippen LogP contribution >= 0.6 is 0 Å². The molecule has 0 unspecified atom stereocenters. The van der Waals surface area contributed by atoms with Crippen LogP contribution in [-0.2, 0) is 7.05 Å². The number of nitrogens with zero attached hydrogens (tertiary/aromatic N) is 8. The van der Waals surface area contributed by atoms with E-state index in [4.69, 9.17) is 4.98 Å². The Balaban J connectivity index is 1.29. The summed E-state index contributed by atoms with van der Waals surface area (Å²) in [5, 5.41) is 17.5. The van der Waals surface area contributed by atoms with Crippen LogP contribution in [0.2, 0.25) is 0 Å². The fourth-order valence-electron chi connectivity index (χ4n) is 7.06. The summed E-state index contributed by atoms with van der Waals surface area (Å²) in [5.41, 5.74) is 4.68. The minimum Gasteiger partial charge on any atom is -0.393 e. The van der Waals surface area contributed by atoms with Crippen molar-refractivity contribution >= 4 is 28.6 Å². The fourth-order valence-corrected chi connectivity index (χ4v) is 7.06. The Morgan fingerprint density at radius 1 is 1.02 bits per heavy atom. The van der Waals surface area contributed by atoms with Crippen molar-refractivity contribution in [3.05, 3.63) is 53.2 Å². The molecule has 2 fully saturated rings. The van der Waals surface area contributed by atoms with Gasteiger partial charge in [0.2, 0.25) is 5.95 Å². The molecule has 1 saturated heterocycles. The molecule has 2 N–H and O–H groups in total. The van der Waals surface area contributed by atoms with Gasteiger partial charge in [-0.15, -0.1) is 0 Å². The van der Waals surface area contributed by atoms with Crippen molar-refractivity contribution in [3.8, 4) is 11.3 Å². The molecule has 11 nitrogen and oxygen atoms in total. The van der Waals surface area contributed by atoms with Gasteiger partial charge in [0, 0.05) is 67.9 Å². The molecule has 0 atom stereocenters. The number of nitrogens with one attached hydrogen (secondary N) is 1. The Hall–Kier alpha value is -3.87. The van der Waals surface area contributed by atoms with Gasteiger partial charge in [0.05, 0.1) is 28.9 Å². The number of fused-ring (bicyclic) bond motifs is 1. The third kappa shape index (κ3) is 6.90. The zero-order valence-electron chi connectivity index (χ0n) is 28.5. The molecule has 12 heteroatoms. The van der Waals surface area contributed by atoms with Crippen molar-refractivity contribution < 1.29 is 14.3 Å². The highest BCUT2D eigenvalue weighted by atomic mass is 19.1. The van der Waals surface area contributed by atoms with Crippen LogP contribution in [0.5, 0.6) is 0 Å². The summed E-state index contributed by atoms with van der Waals surface area (Å²) in [5.74, 6) is -0.882. The largest absolute Gasteiger partial charge is 0.393 e. The van der Waals surface area contributed by atoms with Gasteiger partial charge in [0.15, 0.2) is 5.82 Å². The van der Waals surface area contributed by atoms with E-state index in [9.17, 15) is 9.90 Å². The van der Waals surface area contributed by atoms with E-state index in [0.29, 0.717) is 36.1 Å². The van der Waals surface area contributed by atoms with E-state index in [1.807, 2.05) is 13.0 Å². The first-order valence-electron chi connectivity index (χ1n) is 16.8. The van der Waals surface area contributed by atoms with E-state index in [2.05, 4.69) is 67.9 Å². The number of imidazole rings is 1. The number of carbonyl (C=O) groups excluding carboxylic acids is 1. The van der Waals surface area contributed by atoms with Crippen molar-refractivity contribution in [3.63, 3.8) is 0 Å². The number of hydrogen-bond acceptors (Lipinski definition) is 8. The molecule has 1 aliphatic carbocycles. The summed E-state index contributed by atoms with van der Waals surface area (Å²) < 4.78 is 19.7. The number of amides is 1. The number of pyridine rings is 1. The minimum absolute atomic E-state index is 0.0441. The van der Waals surface area contributed by atoms with E-state index in [1.54, 1.807) is 24.9 Å². The average Bonchev–Trinajstić information content (AvgIpc) is 3.58. The van der Waals surface area contributed by atoms with Crippen LogP contribution in [0.15, 0.2) is 30.5 Å². The predicted molar refractivity (Wildman–Crippen MR) is 183 cm³/mol. The smallest absolute Gasteiger partial charge is 0.261 e. The number of piperidine rings is 1. The number of halogens is 1. The van der Waals surface area contributed by atoms with Gasteiger partial charge in [-0.3, -0.25) is 14.8 Å². The Bertz CT molecular complexity index is 1730. The van der Waals surface area contributed by atoms with Gasteiger partial charge in [0.25, 0.3) is 5.91 Å². The van der Waals surface area contributed by atoms with E-state index in [0.717, 1.165) is 74.3 Å². The highest BCUT2D eigenvalue weighted by Gasteiger charge is 2.29. The van der Waals surface area contributed by atoms with E-state index >= 15 is 4.39 Å². The Morgan fingerprint density at radius 2 is 1.74 bits per heavy atom. The first-order chi connectivity index (χ1) is 22.5. The van der Waals surface area contributed by atoms with Crippen molar-refractivity contribution in [1.82, 2.24) is 34.1 Å². The first kappa shape index (κ1) is 33.0. The topological polar surface area (TPSA) is 108 Å². The number of aromatic nitrogens is 5. The second kappa shape index (κ2) is 13.7. The molecule has 3 aromatic heterocycles. The molecule has 4 heterocycles. The summed E-state index contributed by atoms with van der Waals surface area (Å²) in [6, 6.07) is 8.40. The number of anilines is 2. The molecular formula is C35H48FN9O2. The second-order valence-electron chi connectivity index (χ2n) is 13.6. The van der Waals surface area contributed by atoms with Crippen molar-refractivity contribution in [2.75, 3.05) is 57.5 Å². The SMILES string of the molecule is Cc1cc(C(=O)Nc2nc3ccc(N4CCC(N(C)CCN(C)C)CC4)cc3n2C2CCC(O)CC2)c(F)c(-c2cnn(C)c2C)n1. The van der Waals surface area contributed by atoms with Gasteiger partial charge < -0.3 is 24.4 Å². The van der Waals surface area contributed by atoms with Gasteiger partial charge in [-0.2, -0.15) is 5.10 Å². The maximum absolute atomic E-state index is 16.0. The summed E-state index contributed by atoms with van der Waals surface area (Å²) in [6.07, 6.45) is 6.32. The number of aliphatic hydroxyl groups excluding tert-OH is 1. The predicted octanol–water partition coefficient (Wildman–Crippen LogP) is 4.78. The lowest BCUT2D eigenvalue weighted by atomic mass is 9.93. The summed E-state index contributed by atoms with van der Waals surface area (Å²) >= 11 is 0. The first-order valence-corrected chi connectivity index (χ1v) is 16.8. The van der Waals surface area contributed by atoms with Crippen LogP contribution in [0.1, 0.15) is 66.3 Å². The van der Waals surface area contributed by atoms with Gasteiger partial charge in [0.1, 0.15) is 5.69 Å². The third-order valence-electron chi connectivity index (χ3n) is 10.1. The van der Waals surface area contributed by atoms with E-state index in [1.165, 1.54) is 6.07 Å². The van der Waals surface area contributed by atoms with Crippen LogP contribution in [0.4, 0.5) is 16.0 Å². The number of rotatable bonds is 9. The lowest BCUT2D eigenvalue weighted by Crippen LogP contribution is -2.45. The Labute approximate surface area is 276 Å². The van der Waals surface area contributed by atoms with E-state index in [-0.39, 0.29) is 23.4 Å². The van der Waals surface area contributed by atoms with Crippen molar-refractivity contribution in [1.29, 1.82) is 0 Å². The molecule has 4 aromatic rings. The molecule has 2 aliphatic rings. The second-order valence-corrected chi connectivity index (χ2v) is 13.6. The monoisotopic (exact) mass is 645 g/mol. The van der Waals surface area contributed by atoms with Gasteiger partial charge in [-0.1, -0.05) is 0 Å². The molecule has 6 rings (SSSR count). The van der Waals surface area contributed by atoms with Crippen LogP contribution < -0.4 is 10.2 Å². The molecule has 1 saturated carbocycles. The number of benzene rings is 1. The minimum atomic E-state index is -0.689. The van der Waals surface area contributed by atoms with Crippen LogP contribution in [-0.4, -0.2) is 105 Å². The van der Waals surface area contributed by atoms with Crippen LogP contribution in [0.25, 0.3) is 22.3 Å². The molecule has 1 aliphatic heterocycles. The molecule has 0 spiro atoms. The zero-order valence-corrected chi connectivity index (χ0v) is 28.5. The van der Waals surface area contributed by atoms with Gasteiger partial charge in [-0.25, -0.2) is 14.4 Å². The molecule has 0 bridgehead atoms. The van der Waals surface area contributed by atoms with Gasteiger partial charge >= 0.3 is 0 Å². The lowest BCUT2D eigenvalue weighted by molar-refractivity contribution is 0.101. The number of carbonyl (C=O) groups is 1. The molecule has 252 valence electrons. The zero-order chi connectivity index (χ0) is 33.4. The molecule has 1 aromatic carbocycles. The third-order valence-corrected chi connectivity index (χ3v) is 10.1. The van der Waals surface area contributed by atoms with Gasteiger partial charge in [-0.05, 0) is 97.8 Å². The summed E-state index contributed by atoms with van der Waals surface area (Å²) in [6.45, 7) is 7.63. The van der Waals surface area contributed by atoms with Crippen molar-refractivity contribution in [2.24, 2.45) is 7.05 Å². The van der Waals surface area contributed by atoms with Crippen LogP contribution in [0, 0.1) is 19.7 Å². The molecule has 0 radical (unpaired) electrons. The quantitative estimate of drug-likeness (QED) is 0.268. The van der Waals surface area contributed by atoms with Crippen LogP contribution in [0.3, 0.4) is 0 Å². The highest BCUT2D eigenvalue weighted by Crippen LogP contribution is 2.37. The highest BCUT2D eigenvalue weighted by molar-refractivity contribution is 6.05. The number of aliphatic hydroxyl groups is 1. The molecule has 1 amide bonds. The summed E-state index contributed by atoms with van der Waals surface area (Å²) in [4.78, 5) is 30.2. The fraction of sp³-hybridized carbons (Fsp3) is 0.543. The maximum Gasteiger partial charge on any atom is 0.261 e. The maximum atomic E-state index is 16.0. The number of aryl methyl sites for hydroxylation is 2. The molecule has 47 heavy (non-hydrogen) atoms. The van der Waals surface area contributed by atoms with E-state index < -0.39 is 11.7 Å². The molecular weight excluding hydrogens is 597 g/mol. The normalized spacial score (nSPS) is 19.3. The average molecular weight is 646 g/mol. The number of hydrogen-bond donors (Lipinski definition) is 2. The summed E-state index contributed by atoms with van der Waals surface area (Å²) in [7, 11) is 8.24. The Morgan fingerprint density at radius 3 is 2.40 bits per heavy atom. The standard InChI is InChI=1S/C35H48FN9O2/c1-22-19-28(32(36)33(38-22)29-21-37-43(6)23(29)2)34(47)40-35-39-30-12-9-26(20-31(30)45(35)25-7-10-27(46)11-8-25)44-15-13-24(14-16-44)42(5)18-17-41(3)4/h9,12,19-21,24-25,27,46H,7-8,10-11,13-18H2,1-6H3,(H,39,40,47). The number of likely N-dealkylation sites (N-methyl/N-ethyl adjacent to an activating group) is 2. The lowest BCUT2D eigenvalue weighted by Gasteiger charge is -2.38. The van der Waals surface area contributed by atoms with Crippen molar-refractivity contribution in [2.45, 2.75) is 70.6 Å².